The maximum Gasteiger partial charge on any atom is 0.270 e. The number of halogens is 1. The van der Waals surface area contributed by atoms with Crippen LogP contribution in [-0.4, -0.2) is 4.92 Å². The van der Waals surface area contributed by atoms with Crippen LogP contribution < -0.4 is 0 Å². The average Bonchev–Trinajstić information content (AvgIpc) is 3.08. The van der Waals surface area contributed by atoms with Gasteiger partial charge in [-0.2, -0.15) is 5.26 Å². The van der Waals surface area contributed by atoms with Crippen LogP contribution in [0.4, 0.5) is 5.69 Å². The molecule has 0 radical (unpaired) electrons. The Balaban J connectivity index is 1.83. The van der Waals surface area contributed by atoms with Crippen molar-refractivity contribution in [3.8, 4) is 6.07 Å². The maximum absolute atomic E-state index is 10.9. The van der Waals surface area contributed by atoms with E-state index in [2.05, 4.69) is 6.07 Å². The molecule has 0 bridgehead atoms. The molecule has 1 heterocycles. The first-order chi connectivity index (χ1) is 12.5. The Bertz CT molecular complexity index is 1020. The molecule has 3 aromatic rings. The number of hydrogen-bond donors (Lipinski definition) is 0. The summed E-state index contributed by atoms with van der Waals surface area (Å²) < 4.78 is 1.08. The third-order valence-corrected chi connectivity index (χ3v) is 5.83. The van der Waals surface area contributed by atoms with Gasteiger partial charge in [0.25, 0.3) is 5.69 Å². The van der Waals surface area contributed by atoms with Crippen LogP contribution in [0.25, 0.3) is 11.6 Å². The molecule has 0 saturated heterocycles. The van der Waals surface area contributed by atoms with Crippen LogP contribution in [0.5, 0.6) is 0 Å². The highest BCUT2D eigenvalue weighted by Gasteiger charge is 2.09. The van der Waals surface area contributed by atoms with E-state index in [1.807, 2.05) is 36.4 Å². The normalized spacial score (nSPS) is 11.2. The van der Waals surface area contributed by atoms with E-state index >= 15 is 0 Å². The number of nitro benzene ring substituents is 1. The molecular formula is C19H11ClN2O2S2. The summed E-state index contributed by atoms with van der Waals surface area (Å²) in [6.07, 6.45) is 1.75. The van der Waals surface area contributed by atoms with Crippen molar-refractivity contribution in [2.45, 2.75) is 9.10 Å². The molecule has 4 nitrogen and oxygen atoms in total. The summed E-state index contributed by atoms with van der Waals surface area (Å²) in [6.45, 7) is 0. The molecule has 0 N–H and O–H groups in total. The molecule has 128 valence electrons. The Hall–Kier alpha value is -2.59. The molecule has 3 rings (SSSR count). The van der Waals surface area contributed by atoms with Crippen LogP contribution in [0.3, 0.4) is 0 Å². The Kier molecular flexibility index (Phi) is 5.74. The van der Waals surface area contributed by atoms with Gasteiger partial charge in [0, 0.05) is 26.9 Å². The summed E-state index contributed by atoms with van der Waals surface area (Å²) in [4.78, 5) is 12.4. The minimum Gasteiger partial charge on any atom is -0.258 e. The summed E-state index contributed by atoms with van der Waals surface area (Å²) in [5, 5.41) is 21.0. The topological polar surface area (TPSA) is 66.9 Å². The van der Waals surface area contributed by atoms with Crippen molar-refractivity contribution in [3.05, 3.63) is 86.2 Å². The van der Waals surface area contributed by atoms with Gasteiger partial charge in [-0.15, -0.1) is 11.3 Å². The van der Waals surface area contributed by atoms with Gasteiger partial charge < -0.3 is 0 Å². The van der Waals surface area contributed by atoms with Gasteiger partial charge in [-0.3, -0.25) is 10.1 Å². The van der Waals surface area contributed by atoms with E-state index in [0.717, 1.165) is 14.0 Å². The first-order valence-corrected chi connectivity index (χ1v) is 9.46. The SMILES string of the molecule is N#CC(=Cc1ccc(Sc2ccc(Cl)cc2)s1)c1cccc([N+](=O)[O-])c1. The van der Waals surface area contributed by atoms with E-state index in [4.69, 9.17) is 11.6 Å². The zero-order valence-corrected chi connectivity index (χ0v) is 15.6. The third-order valence-electron chi connectivity index (χ3n) is 3.41. The predicted octanol–water partition coefficient (Wildman–Crippen LogP) is 6.53. The Labute approximate surface area is 163 Å². The summed E-state index contributed by atoms with van der Waals surface area (Å²) in [7, 11) is 0. The summed E-state index contributed by atoms with van der Waals surface area (Å²) in [5.74, 6) is 0. The lowest BCUT2D eigenvalue weighted by molar-refractivity contribution is -0.384. The van der Waals surface area contributed by atoms with Gasteiger partial charge in [0.2, 0.25) is 0 Å². The van der Waals surface area contributed by atoms with Crippen molar-refractivity contribution in [1.82, 2.24) is 0 Å². The standard InChI is InChI=1S/C19H11ClN2O2S2/c20-15-4-6-17(7-5-15)25-19-9-8-18(26-19)11-14(12-21)13-2-1-3-16(10-13)22(23)24/h1-11H. The van der Waals surface area contributed by atoms with E-state index in [9.17, 15) is 15.4 Å². The van der Waals surface area contributed by atoms with Gasteiger partial charge in [-0.1, -0.05) is 35.5 Å². The van der Waals surface area contributed by atoms with Gasteiger partial charge in [0.05, 0.1) is 20.8 Å². The zero-order chi connectivity index (χ0) is 18.5. The lowest BCUT2D eigenvalue weighted by Crippen LogP contribution is -1.89. The molecule has 26 heavy (non-hydrogen) atoms. The second-order valence-electron chi connectivity index (χ2n) is 5.19. The third kappa shape index (κ3) is 4.52. The molecule has 0 saturated carbocycles. The minimum absolute atomic E-state index is 0.0335. The van der Waals surface area contributed by atoms with E-state index < -0.39 is 4.92 Å². The van der Waals surface area contributed by atoms with Gasteiger partial charge >= 0.3 is 0 Å². The van der Waals surface area contributed by atoms with Gasteiger partial charge in [0.1, 0.15) is 0 Å². The quantitative estimate of drug-likeness (QED) is 0.278. The summed E-state index contributed by atoms with van der Waals surface area (Å²) >= 11 is 9.06. The molecule has 0 aliphatic rings. The monoisotopic (exact) mass is 398 g/mol. The minimum atomic E-state index is -0.468. The molecule has 0 amide bonds. The van der Waals surface area contributed by atoms with E-state index in [1.54, 1.807) is 41.3 Å². The van der Waals surface area contributed by atoms with Gasteiger partial charge in [0.15, 0.2) is 0 Å². The molecule has 0 fully saturated rings. The van der Waals surface area contributed by atoms with Crippen LogP contribution in [0.15, 0.2) is 69.8 Å². The van der Waals surface area contributed by atoms with Crippen LogP contribution in [0, 0.1) is 21.4 Å². The smallest absolute Gasteiger partial charge is 0.258 e. The van der Waals surface area contributed by atoms with Crippen molar-refractivity contribution in [2.24, 2.45) is 0 Å². The second-order valence-corrected chi connectivity index (χ2v) is 8.12. The number of rotatable bonds is 5. The van der Waals surface area contributed by atoms with Crippen molar-refractivity contribution < 1.29 is 4.92 Å². The molecule has 1 aromatic heterocycles. The first kappa shape index (κ1) is 18.2. The fourth-order valence-corrected chi connectivity index (χ4v) is 4.39. The van der Waals surface area contributed by atoms with Crippen molar-refractivity contribution in [3.63, 3.8) is 0 Å². The number of nitriles is 1. The van der Waals surface area contributed by atoms with Crippen molar-refractivity contribution >= 4 is 52.0 Å². The van der Waals surface area contributed by atoms with Gasteiger partial charge in [-0.25, -0.2) is 0 Å². The number of nitrogens with zero attached hydrogens (tertiary/aromatic N) is 2. The highest BCUT2D eigenvalue weighted by Crippen LogP contribution is 2.35. The molecule has 2 aromatic carbocycles. The average molecular weight is 399 g/mol. The van der Waals surface area contributed by atoms with Crippen molar-refractivity contribution in [1.29, 1.82) is 5.26 Å². The molecule has 0 unspecified atom stereocenters. The number of hydrogen-bond acceptors (Lipinski definition) is 5. The summed E-state index contributed by atoms with van der Waals surface area (Å²) in [6, 6.07) is 19.7. The van der Waals surface area contributed by atoms with Crippen LogP contribution >= 0.6 is 34.7 Å². The second kappa shape index (κ2) is 8.19. The Morgan fingerprint density at radius 1 is 1.19 bits per heavy atom. The zero-order valence-electron chi connectivity index (χ0n) is 13.3. The molecule has 0 aliphatic heterocycles. The number of thiophene rings is 1. The van der Waals surface area contributed by atoms with Crippen molar-refractivity contribution in [2.75, 3.05) is 0 Å². The fraction of sp³-hybridized carbons (Fsp3) is 0. The van der Waals surface area contributed by atoms with Crippen LogP contribution in [-0.2, 0) is 0 Å². The number of nitro groups is 1. The highest BCUT2D eigenvalue weighted by molar-refractivity contribution is 8.01. The maximum atomic E-state index is 10.9. The Morgan fingerprint density at radius 3 is 2.65 bits per heavy atom. The van der Waals surface area contributed by atoms with E-state index in [1.165, 1.54) is 12.1 Å². The van der Waals surface area contributed by atoms with Gasteiger partial charge in [-0.05, 0) is 48.0 Å². The highest BCUT2D eigenvalue weighted by atomic mass is 35.5. The first-order valence-electron chi connectivity index (χ1n) is 7.45. The number of benzene rings is 2. The molecular weight excluding hydrogens is 388 g/mol. The molecule has 0 aliphatic carbocycles. The lowest BCUT2D eigenvalue weighted by atomic mass is 10.1. The Morgan fingerprint density at radius 2 is 1.96 bits per heavy atom. The van der Waals surface area contributed by atoms with E-state index in [-0.39, 0.29) is 5.69 Å². The lowest BCUT2D eigenvalue weighted by Gasteiger charge is -1.99. The fourth-order valence-electron chi connectivity index (χ4n) is 2.20. The molecule has 0 spiro atoms. The predicted molar refractivity (Wildman–Crippen MR) is 106 cm³/mol. The number of non-ortho nitro benzene ring substituents is 1. The van der Waals surface area contributed by atoms with Crippen LogP contribution in [0.2, 0.25) is 5.02 Å². The van der Waals surface area contributed by atoms with E-state index in [0.29, 0.717) is 16.2 Å². The molecule has 0 atom stereocenters. The summed E-state index contributed by atoms with van der Waals surface area (Å²) in [5.41, 5.74) is 0.884. The molecule has 7 heteroatoms. The largest absolute Gasteiger partial charge is 0.270 e. The number of allylic oxidation sites excluding steroid dienone is 1. The van der Waals surface area contributed by atoms with Crippen LogP contribution in [0.1, 0.15) is 10.4 Å².